The molecule has 1 aliphatic rings. The van der Waals surface area contributed by atoms with E-state index in [1.54, 1.807) is 6.07 Å². The molecule has 6 nitrogen and oxygen atoms in total. The van der Waals surface area contributed by atoms with E-state index in [0.717, 1.165) is 18.5 Å². The van der Waals surface area contributed by atoms with Crippen molar-refractivity contribution in [2.75, 3.05) is 25.1 Å². The van der Waals surface area contributed by atoms with E-state index in [-0.39, 0.29) is 11.6 Å². The first-order chi connectivity index (χ1) is 11.6. The smallest absolute Gasteiger partial charge is 0.356 e. The first-order valence-electron chi connectivity index (χ1n) is 8.00. The average Bonchev–Trinajstić information content (AvgIpc) is 2.61. The van der Waals surface area contributed by atoms with E-state index in [9.17, 15) is 9.90 Å². The third-order valence-corrected chi connectivity index (χ3v) is 4.33. The lowest BCUT2D eigenvalue weighted by Gasteiger charge is -2.36. The van der Waals surface area contributed by atoms with Gasteiger partial charge in [0.2, 0.25) is 5.95 Å². The summed E-state index contributed by atoms with van der Waals surface area (Å²) in [5.74, 6) is 0.0785. The van der Waals surface area contributed by atoms with Crippen LogP contribution in [0.4, 0.5) is 5.95 Å². The molecule has 0 bridgehead atoms. The first-order valence-corrected chi connectivity index (χ1v) is 8.00. The monoisotopic (exact) mass is 327 g/mol. The van der Waals surface area contributed by atoms with Crippen molar-refractivity contribution in [2.45, 2.75) is 25.4 Å². The van der Waals surface area contributed by atoms with Crippen LogP contribution in [0.3, 0.4) is 0 Å². The highest BCUT2D eigenvalue weighted by atomic mass is 16.5. The Morgan fingerprint density at radius 3 is 2.71 bits per heavy atom. The molecule has 2 aromatic rings. The highest BCUT2D eigenvalue weighted by Gasteiger charge is 2.30. The molecule has 1 saturated heterocycles. The van der Waals surface area contributed by atoms with E-state index in [0.29, 0.717) is 18.2 Å². The number of carbonyl (C=O) groups excluding carboxylic acids is 1. The zero-order chi connectivity index (χ0) is 17.1. The van der Waals surface area contributed by atoms with Crippen LogP contribution < -0.4 is 4.90 Å². The Balaban J connectivity index is 1.78. The third-order valence-electron chi connectivity index (χ3n) is 4.33. The molecule has 24 heavy (non-hydrogen) atoms. The van der Waals surface area contributed by atoms with Crippen LogP contribution in [0, 0.1) is 6.92 Å². The van der Waals surface area contributed by atoms with Gasteiger partial charge in [-0.25, -0.2) is 14.8 Å². The number of nitrogens with zero attached hydrogens (tertiary/aromatic N) is 3. The SMILES string of the molecule is COC(=O)c1cc(C)nc(N2CC[C@@H](c3ccccc3)[C@H](O)C2)n1. The predicted molar refractivity (Wildman–Crippen MR) is 90.1 cm³/mol. The lowest BCUT2D eigenvalue weighted by Crippen LogP contribution is -2.43. The molecule has 1 aromatic heterocycles. The highest BCUT2D eigenvalue weighted by Crippen LogP contribution is 2.29. The van der Waals surface area contributed by atoms with Crippen molar-refractivity contribution in [3.8, 4) is 0 Å². The van der Waals surface area contributed by atoms with E-state index >= 15 is 0 Å². The molecule has 0 radical (unpaired) electrons. The van der Waals surface area contributed by atoms with Gasteiger partial charge in [0.25, 0.3) is 0 Å². The molecule has 0 saturated carbocycles. The van der Waals surface area contributed by atoms with Crippen LogP contribution in [0.2, 0.25) is 0 Å². The van der Waals surface area contributed by atoms with Gasteiger partial charge in [-0.05, 0) is 25.0 Å². The van der Waals surface area contributed by atoms with E-state index in [2.05, 4.69) is 9.97 Å². The summed E-state index contributed by atoms with van der Waals surface area (Å²) in [5, 5.41) is 10.6. The van der Waals surface area contributed by atoms with Crippen molar-refractivity contribution in [3.63, 3.8) is 0 Å². The minimum absolute atomic E-state index is 0.104. The van der Waals surface area contributed by atoms with Crippen molar-refractivity contribution in [3.05, 3.63) is 53.3 Å². The number of benzene rings is 1. The van der Waals surface area contributed by atoms with E-state index in [1.165, 1.54) is 7.11 Å². The van der Waals surface area contributed by atoms with E-state index in [1.807, 2.05) is 42.2 Å². The second kappa shape index (κ2) is 6.97. The summed E-state index contributed by atoms with van der Waals surface area (Å²) in [6, 6.07) is 11.6. The van der Waals surface area contributed by atoms with Crippen LogP contribution in [-0.2, 0) is 4.74 Å². The number of ether oxygens (including phenoxy) is 1. The summed E-state index contributed by atoms with van der Waals surface area (Å²) in [6.07, 6.45) is 0.294. The number of hydrogen-bond donors (Lipinski definition) is 1. The molecule has 0 spiro atoms. The maximum Gasteiger partial charge on any atom is 0.356 e. The summed E-state index contributed by atoms with van der Waals surface area (Å²) < 4.78 is 4.73. The van der Waals surface area contributed by atoms with Gasteiger partial charge >= 0.3 is 5.97 Å². The van der Waals surface area contributed by atoms with E-state index in [4.69, 9.17) is 4.74 Å². The molecule has 126 valence electrons. The normalized spacial score (nSPS) is 20.7. The number of piperidine rings is 1. The number of esters is 1. The Kier molecular flexibility index (Phi) is 4.76. The number of carbonyl (C=O) groups is 1. The lowest BCUT2D eigenvalue weighted by molar-refractivity contribution is 0.0593. The van der Waals surface area contributed by atoms with Gasteiger partial charge in [0.05, 0.1) is 13.2 Å². The van der Waals surface area contributed by atoms with Gasteiger partial charge in [0.15, 0.2) is 5.69 Å². The molecule has 2 heterocycles. The topological polar surface area (TPSA) is 75.5 Å². The Morgan fingerprint density at radius 2 is 2.04 bits per heavy atom. The quantitative estimate of drug-likeness (QED) is 0.868. The Bertz CT molecular complexity index is 721. The minimum Gasteiger partial charge on any atom is -0.464 e. The number of methoxy groups -OCH3 is 1. The Hall–Kier alpha value is -2.47. The fourth-order valence-corrected chi connectivity index (χ4v) is 3.11. The van der Waals surface area contributed by atoms with Crippen LogP contribution in [0.1, 0.15) is 34.1 Å². The zero-order valence-corrected chi connectivity index (χ0v) is 13.8. The second-order valence-electron chi connectivity index (χ2n) is 6.01. The minimum atomic E-state index is -0.508. The number of aromatic nitrogens is 2. The summed E-state index contributed by atoms with van der Waals surface area (Å²) in [4.78, 5) is 22.3. The Labute approximate surface area is 141 Å². The third kappa shape index (κ3) is 3.38. The van der Waals surface area contributed by atoms with Crippen LogP contribution >= 0.6 is 0 Å². The molecular formula is C18H21N3O3. The van der Waals surface area contributed by atoms with Crippen LogP contribution in [0.15, 0.2) is 36.4 Å². The lowest BCUT2D eigenvalue weighted by atomic mass is 9.87. The van der Waals surface area contributed by atoms with Crippen molar-refractivity contribution in [1.29, 1.82) is 0 Å². The molecule has 1 fully saturated rings. The van der Waals surface area contributed by atoms with Gasteiger partial charge in [-0.3, -0.25) is 0 Å². The number of aryl methyl sites for hydroxylation is 1. The maximum absolute atomic E-state index is 11.7. The van der Waals surface area contributed by atoms with E-state index < -0.39 is 12.1 Å². The van der Waals surface area contributed by atoms with Crippen LogP contribution in [0.25, 0.3) is 0 Å². The molecule has 0 unspecified atom stereocenters. The fourth-order valence-electron chi connectivity index (χ4n) is 3.11. The largest absolute Gasteiger partial charge is 0.464 e. The van der Waals surface area contributed by atoms with Gasteiger partial charge < -0.3 is 14.7 Å². The summed E-state index contributed by atoms with van der Waals surface area (Å²) >= 11 is 0. The fraction of sp³-hybridized carbons (Fsp3) is 0.389. The number of β-amino-alcohol motifs (C(OH)–C–C–N with tert-alkyl or cyclic N) is 1. The van der Waals surface area contributed by atoms with Gasteiger partial charge in [-0.15, -0.1) is 0 Å². The standard InChI is InChI=1S/C18H21N3O3/c1-12-10-15(17(23)24-2)20-18(19-12)21-9-8-14(16(22)11-21)13-6-4-3-5-7-13/h3-7,10,14,16,22H,8-9,11H2,1-2H3/t14-,16+/m0/s1. The van der Waals surface area contributed by atoms with Crippen molar-refractivity contribution < 1.29 is 14.6 Å². The average molecular weight is 327 g/mol. The molecule has 0 aliphatic carbocycles. The molecule has 1 N–H and O–H groups in total. The molecule has 1 aromatic carbocycles. The van der Waals surface area contributed by atoms with Crippen molar-refractivity contribution >= 4 is 11.9 Å². The number of anilines is 1. The number of aliphatic hydroxyl groups is 1. The summed E-state index contributed by atoms with van der Waals surface area (Å²) in [7, 11) is 1.33. The van der Waals surface area contributed by atoms with Crippen molar-refractivity contribution in [1.82, 2.24) is 9.97 Å². The first kappa shape index (κ1) is 16.4. The molecular weight excluding hydrogens is 306 g/mol. The molecule has 2 atom stereocenters. The summed E-state index contributed by atoms with van der Waals surface area (Å²) in [6.45, 7) is 2.97. The maximum atomic E-state index is 11.7. The number of aliphatic hydroxyl groups excluding tert-OH is 1. The summed E-state index contributed by atoms with van der Waals surface area (Å²) in [5.41, 5.74) is 2.07. The van der Waals surface area contributed by atoms with Gasteiger partial charge in [-0.1, -0.05) is 30.3 Å². The van der Waals surface area contributed by atoms with Gasteiger partial charge in [0.1, 0.15) is 0 Å². The zero-order valence-electron chi connectivity index (χ0n) is 13.8. The van der Waals surface area contributed by atoms with Crippen LogP contribution in [0.5, 0.6) is 0 Å². The van der Waals surface area contributed by atoms with Gasteiger partial charge in [0, 0.05) is 24.7 Å². The van der Waals surface area contributed by atoms with Gasteiger partial charge in [-0.2, -0.15) is 0 Å². The molecule has 0 amide bonds. The molecule has 1 aliphatic heterocycles. The van der Waals surface area contributed by atoms with Crippen LogP contribution in [-0.4, -0.2) is 47.3 Å². The highest BCUT2D eigenvalue weighted by molar-refractivity contribution is 5.87. The second-order valence-corrected chi connectivity index (χ2v) is 6.01. The number of hydrogen-bond acceptors (Lipinski definition) is 6. The molecule has 3 rings (SSSR count). The Morgan fingerprint density at radius 1 is 1.29 bits per heavy atom. The predicted octanol–water partition coefficient (Wildman–Crippen LogP) is 1.93. The van der Waals surface area contributed by atoms with Crippen molar-refractivity contribution in [2.24, 2.45) is 0 Å². The molecule has 6 heteroatoms. The number of rotatable bonds is 3.